The van der Waals surface area contributed by atoms with E-state index in [9.17, 15) is 10.1 Å². The zero-order valence-corrected chi connectivity index (χ0v) is 15.2. The zero-order chi connectivity index (χ0) is 18.1. The Morgan fingerprint density at radius 1 is 1.15 bits per heavy atom. The fourth-order valence-electron chi connectivity index (χ4n) is 4.12. The molecule has 2 aliphatic carbocycles. The number of rotatable bonds is 3. The molecule has 0 atom stereocenters. The lowest BCUT2D eigenvalue weighted by Gasteiger charge is -2.42. The van der Waals surface area contributed by atoms with Crippen LogP contribution in [0.2, 0.25) is 0 Å². The summed E-state index contributed by atoms with van der Waals surface area (Å²) in [5.74, 6) is -0.112. The van der Waals surface area contributed by atoms with Crippen molar-refractivity contribution in [2.75, 3.05) is 7.05 Å². The fourth-order valence-corrected chi connectivity index (χ4v) is 4.12. The number of hydrogen-bond donors (Lipinski definition) is 0. The molecule has 0 spiro atoms. The second-order valence-electron chi connectivity index (χ2n) is 7.44. The van der Waals surface area contributed by atoms with Gasteiger partial charge >= 0.3 is 0 Å². The van der Waals surface area contributed by atoms with Gasteiger partial charge in [-0.15, -0.1) is 0 Å². The Hall–Kier alpha value is -2.61. The molecule has 0 N–H and O–H groups in total. The molecule has 1 amide bonds. The van der Waals surface area contributed by atoms with E-state index in [-0.39, 0.29) is 5.91 Å². The second kappa shape index (κ2) is 6.60. The molecule has 0 aliphatic heterocycles. The Balaban J connectivity index is 1.78. The van der Waals surface area contributed by atoms with Gasteiger partial charge in [0.05, 0.1) is 11.8 Å². The molecule has 1 heterocycles. The van der Waals surface area contributed by atoms with Gasteiger partial charge in [-0.25, -0.2) is 4.68 Å². The second-order valence-corrected chi connectivity index (χ2v) is 7.44. The molecular formula is C21H24N4O. The van der Waals surface area contributed by atoms with Crippen LogP contribution in [0.15, 0.2) is 30.3 Å². The molecule has 1 fully saturated rings. The van der Waals surface area contributed by atoms with E-state index in [1.807, 2.05) is 35.0 Å². The van der Waals surface area contributed by atoms with E-state index < -0.39 is 5.54 Å². The summed E-state index contributed by atoms with van der Waals surface area (Å²) >= 11 is 0. The molecule has 26 heavy (non-hydrogen) atoms. The van der Waals surface area contributed by atoms with Crippen molar-refractivity contribution < 1.29 is 4.79 Å². The molecule has 5 nitrogen and oxygen atoms in total. The molecule has 2 aromatic rings. The maximum absolute atomic E-state index is 13.3. The quantitative estimate of drug-likeness (QED) is 0.795. The van der Waals surface area contributed by atoms with Gasteiger partial charge in [-0.1, -0.05) is 24.6 Å². The number of carbonyl (C=O) groups is 1. The fraction of sp³-hybridized carbons (Fsp3) is 0.476. The Labute approximate surface area is 154 Å². The molecule has 1 aromatic carbocycles. The number of nitrogens with zero attached hydrogens (tertiary/aromatic N) is 4. The minimum absolute atomic E-state index is 0.112. The molecule has 5 heteroatoms. The first-order valence-electron chi connectivity index (χ1n) is 9.52. The number of aromatic nitrogens is 2. The Kier molecular flexibility index (Phi) is 4.28. The standard InChI is InChI=1S/C21H24N4O/c1-24(21(15-22)13-8-14-21)20(26)19-17-11-6-3-7-12-18(17)25(23-19)16-9-4-2-5-10-16/h2,4-5,9-10H,3,6-8,11-14H2,1H3. The predicted molar refractivity (Wildman–Crippen MR) is 99.1 cm³/mol. The number of carbonyl (C=O) groups excluding carboxylic acids is 1. The first kappa shape index (κ1) is 16.8. The zero-order valence-electron chi connectivity index (χ0n) is 15.2. The predicted octanol–water partition coefficient (Wildman–Crippen LogP) is 3.66. The van der Waals surface area contributed by atoms with Gasteiger partial charge in [-0.05, 0) is 57.1 Å². The molecule has 0 unspecified atom stereocenters. The topological polar surface area (TPSA) is 61.9 Å². The van der Waals surface area contributed by atoms with E-state index in [2.05, 4.69) is 6.07 Å². The smallest absolute Gasteiger partial charge is 0.275 e. The first-order chi connectivity index (χ1) is 12.7. The third kappa shape index (κ3) is 2.61. The number of hydrogen-bond acceptors (Lipinski definition) is 3. The Morgan fingerprint density at radius 2 is 1.88 bits per heavy atom. The minimum Gasteiger partial charge on any atom is -0.322 e. The highest BCUT2D eigenvalue weighted by Gasteiger charge is 2.44. The van der Waals surface area contributed by atoms with Crippen LogP contribution in [0.4, 0.5) is 0 Å². The molecule has 1 saturated carbocycles. The van der Waals surface area contributed by atoms with Crippen molar-refractivity contribution in [1.29, 1.82) is 5.26 Å². The van der Waals surface area contributed by atoms with Gasteiger partial charge in [-0.3, -0.25) is 4.79 Å². The van der Waals surface area contributed by atoms with Crippen LogP contribution in [0.3, 0.4) is 0 Å². The van der Waals surface area contributed by atoms with Gasteiger partial charge in [-0.2, -0.15) is 10.4 Å². The van der Waals surface area contributed by atoms with Gasteiger partial charge < -0.3 is 4.90 Å². The molecule has 0 bridgehead atoms. The SMILES string of the molecule is CN(C(=O)c1nn(-c2ccccc2)c2c1CCCCC2)C1(C#N)CCC1. The van der Waals surface area contributed by atoms with Gasteiger partial charge in [0.15, 0.2) is 5.69 Å². The van der Waals surface area contributed by atoms with Gasteiger partial charge in [0, 0.05) is 18.3 Å². The van der Waals surface area contributed by atoms with Crippen LogP contribution in [0.1, 0.15) is 60.3 Å². The third-order valence-electron chi connectivity index (χ3n) is 5.97. The van der Waals surface area contributed by atoms with Crippen molar-refractivity contribution in [3.05, 3.63) is 47.3 Å². The molecule has 2 aliphatic rings. The number of fused-ring (bicyclic) bond motifs is 1. The van der Waals surface area contributed by atoms with E-state index >= 15 is 0 Å². The van der Waals surface area contributed by atoms with Crippen LogP contribution in [0.5, 0.6) is 0 Å². The monoisotopic (exact) mass is 348 g/mol. The maximum Gasteiger partial charge on any atom is 0.275 e. The largest absolute Gasteiger partial charge is 0.322 e. The Bertz CT molecular complexity index is 858. The summed E-state index contributed by atoms with van der Waals surface area (Å²) in [6.07, 6.45) is 7.73. The third-order valence-corrected chi connectivity index (χ3v) is 5.97. The normalized spacial score (nSPS) is 18.2. The number of amides is 1. The van der Waals surface area contributed by atoms with E-state index in [4.69, 9.17) is 5.10 Å². The number of benzene rings is 1. The molecule has 0 saturated heterocycles. The van der Waals surface area contributed by atoms with E-state index in [0.29, 0.717) is 5.69 Å². The van der Waals surface area contributed by atoms with Gasteiger partial charge in [0.2, 0.25) is 0 Å². The molecule has 0 radical (unpaired) electrons. The summed E-state index contributed by atoms with van der Waals surface area (Å²) in [4.78, 5) is 14.9. The van der Waals surface area contributed by atoms with Crippen LogP contribution in [0, 0.1) is 11.3 Å². The number of para-hydroxylation sites is 1. The summed E-state index contributed by atoms with van der Waals surface area (Å²) in [5.41, 5.74) is 3.12. The van der Waals surface area contributed by atoms with Crippen molar-refractivity contribution in [1.82, 2.24) is 14.7 Å². The lowest BCUT2D eigenvalue weighted by Crippen LogP contribution is -2.53. The summed E-state index contributed by atoms with van der Waals surface area (Å²) in [7, 11) is 1.76. The molecular weight excluding hydrogens is 324 g/mol. The molecule has 1 aromatic heterocycles. The molecule has 134 valence electrons. The average Bonchev–Trinajstić information content (AvgIpc) is 2.82. The maximum atomic E-state index is 13.3. The van der Waals surface area contributed by atoms with Crippen molar-refractivity contribution in [3.63, 3.8) is 0 Å². The number of nitriles is 1. The van der Waals surface area contributed by atoms with Gasteiger partial charge in [0.1, 0.15) is 5.54 Å². The summed E-state index contributed by atoms with van der Waals surface area (Å²) in [6.45, 7) is 0. The van der Waals surface area contributed by atoms with Crippen molar-refractivity contribution >= 4 is 5.91 Å². The first-order valence-corrected chi connectivity index (χ1v) is 9.52. The summed E-state index contributed by atoms with van der Waals surface area (Å²) in [6, 6.07) is 12.4. The van der Waals surface area contributed by atoms with E-state index in [1.54, 1.807) is 11.9 Å². The minimum atomic E-state index is -0.648. The highest BCUT2D eigenvalue weighted by Crippen LogP contribution is 2.37. The van der Waals surface area contributed by atoms with E-state index in [0.717, 1.165) is 61.9 Å². The van der Waals surface area contributed by atoms with Crippen LogP contribution in [-0.2, 0) is 12.8 Å². The van der Waals surface area contributed by atoms with E-state index in [1.165, 1.54) is 6.42 Å². The summed E-state index contributed by atoms with van der Waals surface area (Å²) < 4.78 is 1.95. The highest BCUT2D eigenvalue weighted by molar-refractivity contribution is 5.95. The molecule has 4 rings (SSSR count). The summed E-state index contributed by atoms with van der Waals surface area (Å²) in [5, 5.41) is 14.3. The lowest BCUT2D eigenvalue weighted by molar-refractivity contribution is 0.0490. The highest BCUT2D eigenvalue weighted by atomic mass is 16.2. The van der Waals surface area contributed by atoms with Crippen molar-refractivity contribution in [2.24, 2.45) is 0 Å². The Morgan fingerprint density at radius 3 is 2.54 bits per heavy atom. The van der Waals surface area contributed by atoms with Crippen LogP contribution >= 0.6 is 0 Å². The van der Waals surface area contributed by atoms with Crippen molar-refractivity contribution in [2.45, 2.75) is 56.9 Å². The van der Waals surface area contributed by atoms with Crippen LogP contribution < -0.4 is 0 Å². The van der Waals surface area contributed by atoms with Crippen molar-refractivity contribution in [3.8, 4) is 11.8 Å². The van der Waals surface area contributed by atoms with Gasteiger partial charge in [0.25, 0.3) is 5.91 Å². The van der Waals surface area contributed by atoms with Crippen LogP contribution in [-0.4, -0.2) is 33.2 Å². The average molecular weight is 348 g/mol. The van der Waals surface area contributed by atoms with Crippen LogP contribution in [0.25, 0.3) is 5.69 Å². The lowest BCUT2D eigenvalue weighted by atomic mass is 9.76.